The van der Waals surface area contributed by atoms with Gasteiger partial charge in [-0.1, -0.05) is 18.2 Å². The molecular formula is C21H27N5O5S. The van der Waals surface area contributed by atoms with Gasteiger partial charge in [-0.25, -0.2) is 0 Å². The molecule has 10 nitrogen and oxygen atoms in total. The van der Waals surface area contributed by atoms with Crippen LogP contribution in [0.25, 0.3) is 10.9 Å². The van der Waals surface area contributed by atoms with Crippen molar-refractivity contribution in [3.05, 3.63) is 36.0 Å². The Morgan fingerprint density at radius 2 is 1.91 bits per heavy atom. The summed E-state index contributed by atoms with van der Waals surface area (Å²) < 4.78 is 0. The average Bonchev–Trinajstić information content (AvgIpc) is 3.45. The van der Waals surface area contributed by atoms with Crippen molar-refractivity contribution in [2.45, 2.75) is 37.4 Å². The number of carbonyl (C=O) groups is 4. The van der Waals surface area contributed by atoms with E-state index in [1.165, 1.54) is 0 Å². The maximum absolute atomic E-state index is 12.9. The maximum atomic E-state index is 12.9. The van der Waals surface area contributed by atoms with Gasteiger partial charge in [-0.15, -0.1) is 0 Å². The van der Waals surface area contributed by atoms with Crippen LogP contribution in [0.4, 0.5) is 0 Å². The Hall–Kier alpha value is -3.05. The second kappa shape index (κ2) is 11.0. The van der Waals surface area contributed by atoms with E-state index in [1.807, 2.05) is 24.3 Å². The zero-order valence-corrected chi connectivity index (χ0v) is 18.3. The summed E-state index contributed by atoms with van der Waals surface area (Å²) in [6, 6.07) is 5.19. The van der Waals surface area contributed by atoms with Gasteiger partial charge in [0, 0.05) is 29.3 Å². The van der Waals surface area contributed by atoms with E-state index in [4.69, 9.17) is 5.11 Å². The number of hydrogen-bond acceptors (Lipinski definition) is 6. The van der Waals surface area contributed by atoms with Gasteiger partial charge in [0.25, 0.3) is 0 Å². The highest BCUT2D eigenvalue weighted by Crippen LogP contribution is 2.19. The molecule has 6 N–H and O–H groups in total. The van der Waals surface area contributed by atoms with E-state index in [-0.39, 0.29) is 24.1 Å². The van der Waals surface area contributed by atoms with Crippen molar-refractivity contribution >= 4 is 47.2 Å². The van der Waals surface area contributed by atoms with Crippen molar-refractivity contribution in [3.63, 3.8) is 0 Å². The highest BCUT2D eigenvalue weighted by molar-refractivity contribution is 7.80. The Kier molecular flexibility index (Phi) is 8.12. The van der Waals surface area contributed by atoms with Gasteiger partial charge in [0.2, 0.25) is 17.7 Å². The number of aromatic amines is 1. The number of amides is 3. The van der Waals surface area contributed by atoms with Gasteiger partial charge in [-0.05, 0) is 31.0 Å². The number of fused-ring (bicyclic) bond motifs is 1. The largest absolute Gasteiger partial charge is 0.480 e. The van der Waals surface area contributed by atoms with E-state index in [0.717, 1.165) is 29.4 Å². The number of benzene rings is 1. The van der Waals surface area contributed by atoms with Crippen LogP contribution in [0.1, 0.15) is 18.4 Å². The van der Waals surface area contributed by atoms with Crippen LogP contribution < -0.4 is 21.3 Å². The van der Waals surface area contributed by atoms with E-state index in [9.17, 15) is 19.2 Å². The minimum absolute atomic E-state index is 0.0425. The Morgan fingerprint density at radius 1 is 1.12 bits per heavy atom. The molecule has 1 aromatic carbocycles. The smallest absolute Gasteiger partial charge is 0.322 e. The van der Waals surface area contributed by atoms with Crippen LogP contribution in [0, 0.1) is 0 Å². The fourth-order valence-electron chi connectivity index (χ4n) is 3.66. The summed E-state index contributed by atoms with van der Waals surface area (Å²) in [5.74, 6) is -2.64. The second-order valence-electron chi connectivity index (χ2n) is 7.63. The molecule has 0 aliphatic carbocycles. The molecule has 172 valence electrons. The molecular weight excluding hydrogens is 434 g/mol. The first-order valence-electron chi connectivity index (χ1n) is 10.4. The molecule has 3 amide bonds. The summed E-state index contributed by atoms with van der Waals surface area (Å²) >= 11 is 4.17. The molecule has 3 rings (SSSR count). The lowest BCUT2D eigenvalue weighted by Crippen LogP contribution is -2.57. The predicted octanol–water partition coefficient (Wildman–Crippen LogP) is -0.437. The molecule has 1 aliphatic rings. The van der Waals surface area contributed by atoms with Crippen molar-refractivity contribution in [3.8, 4) is 0 Å². The van der Waals surface area contributed by atoms with E-state index >= 15 is 0 Å². The molecule has 1 aliphatic heterocycles. The first-order valence-corrected chi connectivity index (χ1v) is 11.0. The Labute approximate surface area is 190 Å². The number of nitrogens with one attached hydrogen (secondary N) is 5. The SMILES string of the molecule is O=C(O)CNC(=O)C(Cc1c[nH]c2ccccc12)NC(=O)C(CS)NC(=O)C1CCCN1. The normalized spacial score (nSPS) is 17.5. The molecule has 1 saturated heterocycles. The Bertz CT molecular complexity index is 988. The van der Waals surface area contributed by atoms with E-state index < -0.39 is 36.4 Å². The summed E-state index contributed by atoms with van der Waals surface area (Å²) in [6.45, 7) is 0.172. The highest BCUT2D eigenvalue weighted by Gasteiger charge is 2.30. The monoisotopic (exact) mass is 461 g/mol. The minimum Gasteiger partial charge on any atom is -0.480 e. The van der Waals surface area contributed by atoms with Crippen LogP contribution in [0.15, 0.2) is 30.5 Å². The molecule has 0 radical (unpaired) electrons. The van der Waals surface area contributed by atoms with Crippen LogP contribution in [0.2, 0.25) is 0 Å². The van der Waals surface area contributed by atoms with E-state index in [0.29, 0.717) is 6.42 Å². The van der Waals surface area contributed by atoms with Gasteiger partial charge in [0.05, 0.1) is 6.04 Å². The molecule has 1 aromatic heterocycles. The van der Waals surface area contributed by atoms with E-state index in [1.54, 1.807) is 6.20 Å². The van der Waals surface area contributed by atoms with Gasteiger partial charge < -0.3 is 31.4 Å². The van der Waals surface area contributed by atoms with Crippen LogP contribution in [0.3, 0.4) is 0 Å². The number of H-pyrrole nitrogens is 1. The zero-order chi connectivity index (χ0) is 23.1. The topological polar surface area (TPSA) is 152 Å². The number of aromatic nitrogens is 1. The van der Waals surface area contributed by atoms with Gasteiger partial charge in [0.1, 0.15) is 18.6 Å². The fourth-order valence-corrected chi connectivity index (χ4v) is 3.92. The lowest BCUT2D eigenvalue weighted by molar-refractivity contribution is -0.138. The third-order valence-electron chi connectivity index (χ3n) is 5.34. The summed E-state index contributed by atoms with van der Waals surface area (Å²) in [5, 5.41) is 20.5. The summed E-state index contributed by atoms with van der Waals surface area (Å²) in [7, 11) is 0. The van der Waals surface area contributed by atoms with Gasteiger partial charge in [0.15, 0.2) is 0 Å². The average molecular weight is 462 g/mol. The summed E-state index contributed by atoms with van der Waals surface area (Å²) in [6.07, 6.45) is 3.45. The Morgan fingerprint density at radius 3 is 2.59 bits per heavy atom. The first-order chi connectivity index (χ1) is 15.4. The predicted molar refractivity (Wildman–Crippen MR) is 121 cm³/mol. The molecule has 32 heavy (non-hydrogen) atoms. The van der Waals surface area contributed by atoms with Crippen molar-refractivity contribution in [2.75, 3.05) is 18.8 Å². The molecule has 3 unspecified atom stereocenters. The highest BCUT2D eigenvalue weighted by atomic mass is 32.1. The number of rotatable bonds is 10. The van der Waals surface area contributed by atoms with Gasteiger partial charge >= 0.3 is 5.97 Å². The van der Waals surface area contributed by atoms with Crippen molar-refractivity contribution in [2.24, 2.45) is 0 Å². The van der Waals surface area contributed by atoms with Crippen LogP contribution in [-0.2, 0) is 25.6 Å². The molecule has 2 heterocycles. The first kappa shape index (κ1) is 23.6. The lowest BCUT2D eigenvalue weighted by atomic mass is 10.0. The number of carboxylic acids is 1. The standard InChI is InChI=1S/C21H27N5O5S/c27-18(28)10-24-19(29)16(8-12-9-23-14-5-2-1-4-13(12)14)25-21(31)17(11-32)26-20(30)15-6-3-7-22-15/h1-2,4-5,9,15-17,22-23,32H,3,6-8,10-11H2,(H,24,29)(H,25,31)(H,26,30)(H,27,28). The molecule has 0 bridgehead atoms. The lowest BCUT2D eigenvalue weighted by Gasteiger charge is -2.23. The number of hydrogen-bond donors (Lipinski definition) is 7. The quantitative estimate of drug-likeness (QED) is 0.238. The van der Waals surface area contributed by atoms with Crippen molar-refractivity contribution in [1.29, 1.82) is 0 Å². The molecule has 1 fully saturated rings. The van der Waals surface area contributed by atoms with E-state index in [2.05, 4.69) is 38.9 Å². The zero-order valence-electron chi connectivity index (χ0n) is 17.4. The number of aliphatic carboxylic acids is 1. The fraction of sp³-hybridized carbons (Fsp3) is 0.429. The van der Waals surface area contributed by atoms with Crippen LogP contribution >= 0.6 is 12.6 Å². The van der Waals surface area contributed by atoms with Crippen molar-refractivity contribution < 1.29 is 24.3 Å². The molecule has 11 heteroatoms. The Balaban J connectivity index is 1.72. The third kappa shape index (κ3) is 6.01. The molecule has 0 saturated carbocycles. The third-order valence-corrected chi connectivity index (χ3v) is 5.70. The summed E-state index contributed by atoms with van der Waals surface area (Å²) in [4.78, 5) is 51.9. The number of carboxylic acid groups (broad SMARTS) is 1. The van der Waals surface area contributed by atoms with Crippen LogP contribution in [-0.4, -0.2) is 70.7 Å². The molecule has 3 atom stereocenters. The number of thiol groups is 1. The molecule has 0 spiro atoms. The van der Waals surface area contributed by atoms with Gasteiger partial charge in [-0.2, -0.15) is 12.6 Å². The number of carbonyl (C=O) groups excluding carboxylic acids is 3. The maximum Gasteiger partial charge on any atom is 0.322 e. The summed E-state index contributed by atoms with van der Waals surface area (Å²) in [5.41, 5.74) is 1.67. The van der Waals surface area contributed by atoms with Gasteiger partial charge in [-0.3, -0.25) is 19.2 Å². The second-order valence-corrected chi connectivity index (χ2v) is 7.99. The van der Waals surface area contributed by atoms with Crippen molar-refractivity contribution in [1.82, 2.24) is 26.3 Å². The molecule has 2 aromatic rings. The number of para-hydroxylation sites is 1. The van der Waals surface area contributed by atoms with Crippen LogP contribution in [0.5, 0.6) is 0 Å². The minimum atomic E-state index is -1.19.